The van der Waals surface area contributed by atoms with Crippen LogP contribution in [0.3, 0.4) is 0 Å². The van der Waals surface area contributed by atoms with Crippen LogP contribution in [0.15, 0.2) is 54.9 Å². The number of ether oxygens (including phenoxy) is 1. The highest BCUT2D eigenvalue weighted by Crippen LogP contribution is 2.29. The molecule has 0 aliphatic rings. The van der Waals surface area contributed by atoms with Crippen LogP contribution in [0.25, 0.3) is 11.3 Å². The molecular weight excluding hydrogens is 262 g/mol. The minimum atomic E-state index is 0.527. The Morgan fingerprint density at radius 2 is 1.86 bits per heavy atom. The van der Waals surface area contributed by atoms with Gasteiger partial charge in [0.25, 0.3) is 0 Å². The number of aromatic nitrogens is 3. The molecule has 0 saturated carbocycles. The SMILES string of the molecule is Cc1ccc(-c2c(OCc3ccccc3)cnn2C)cn1. The number of pyridine rings is 1. The number of aryl methyl sites for hydroxylation is 2. The first-order valence-electron chi connectivity index (χ1n) is 6.86. The van der Waals surface area contributed by atoms with Crippen LogP contribution in [0.5, 0.6) is 5.75 Å². The molecule has 3 rings (SSSR count). The summed E-state index contributed by atoms with van der Waals surface area (Å²) in [6, 6.07) is 14.1. The zero-order valence-electron chi connectivity index (χ0n) is 12.2. The molecule has 0 fully saturated rings. The first-order chi connectivity index (χ1) is 10.2. The predicted octanol–water partition coefficient (Wildman–Crippen LogP) is 3.37. The van der Waals surface area contributed by atoms with E-state index in [1.165, 1.54) is 0 Å². The highest BCUT2D eigenvalue weighted by molar-refractivity contribution is 5.65. The van der Waals surface area contributed by atoms with Crippen LogP contribution >= 0.6 is 0 Å². The Hall–Kier alpha value is -2.62. The number of hydrogen-bond acceptors (Lipinski definition) is 3. The fourth-order valence-electron chi connectivity index (χ4n) is 2.20. The second kappa shape index (κ2) is 5.79. The number of benzene rings is 1. The van der Waals surface area contributed by atoms with Gasteiger partial charge in [0.1, 0.15) is 12.3 Å². The summed E-state index contributed by atoms with van der Waals surface area (Å²) in [5.74, 6) is 0.770. The summed E-state index contributed by atoms with van der Waals surface area (Å²) in [5, 5.41) is 4.29. The van der Waals surface area contributed by atoms with Crippen molar-refractivity contribution in [3.8, 4) is 17.0 Å². The molecular formula is C17H17N3O. The van der Waals surface area contributed by atoms with E-state index in [-0.39, 0.29) is 0 Å². The monoisotopic (exact) mass is 279 g/mol. The molecule has 0 aliphatic heterocycles. The van der Waals surface area contributed by atoms with E-state index in [9.17, 15) is 0 Å². The van der Waals surface area contributed by atoms with E-state index in [4.69, 9.17) is 4.74 Å². The molecule has 3 aromatic rings. The Labute approximate surface area is 124 Å². The smallest absolute Gasteiger partial charge is 0.165 e. The molecule has 0 spiro atoms. The molecule has 0 aliphatic carbocycles. The van der Waals surface area contributed by atoms with Gasteiger partial charge >= 0.3 is 0 Å². The molecule has 0 atom stereocenters. The topological polar surface area (TPSA) is 39.9 Å². The van der Waals surface area contributed by atoms with Crippen molar-refractivity contribution in [2.45, 2.75) is 13.5 Å². The number of hydrogen-bond donors (Lipinski definition) is 0. The minimum absolute atomic E-state index is 0.527. The van der Waals surface area contributed by atoms with Gasteiger partial charge in [-0.25, -0.2) is 0 Å². The maximum Gasteiger partial charge on any atom is 0.165 e. The lowest BCUT2D eigenvalue weighted by Gasteiger charge is -2.08. The molecule has 0 amide bonds. The Kier molecular flexibility index (Phi) is 3.69. The Balaban J connectivity index is 1.85. The second-order valence-corrected chi connectivity index (χ2v) is 4.94. The predicted molar refractivity (Wildman–Crippen MR) is 82.0 cm³/mol. The van der Waals surface area contributed by atoms with Gasteiger partial charge in [0.2, 0.25) is 0 Å². The maximum atomic E-state index is 5.92. The van der Waals surface area contributed by atoms with E-state index in [1.54, 1.807) is 6.20 Å². The van der Waals surface area contributed by atoms with Gasteiger partial charge in [-0.15, -0.1) is 0 Å². The number of nitrogens with zero attached hydrogens (tertiary/aromatic N) is 3. The molecule has 1 aromatic carbocycles. The molecule has 106 valence electrons. The van der Waals surface area contributed by atoms with Gasteiger partial charge in [0.05, 0.1) is 6.20 Å². The first-order valence-corrected chi connectivity index (χ1v) is 6.86. The third-order valence-electron chi connectivity index (χ3n) is 3.33. The van der Waals surface area contributed by atoms with Crippen molar-refractivity contribution < 1.29 is 4.74 Å². The first kappa shape index (κ1) is 13.4. The molecule has 2 aromatic heterocycles. The Morgan fingerprint density at radius 1 is 1.05 bits per heavy atom. The normalized spacial score (nSPS) is 10.6. The lowest BCUT2D eigenvalue weighted by Crippen LogP contribution is -1.98. The van der Waals surface area contributed by atoms with Crippen molar-refractivity contribution >= 4 is 0 Å². The summed E-state index contributed by atoms with van der Waals surface area (Å²) >= 11 is 0. The molecule has 4 nitrogen and oxygen atoms in total. The zero-order chi connectivity index (χ0) is 14.7. The van der Waals surface area contributed by atoms with Gasteiger partial charge in [-0.2, -0.15) is 5.10 Å². The average molecular weight is 279 g/mol. The van der Waals surface area contributed by atoms with Crippen LogP contribution < -0.4 is 4.74 Å². The molecule has 21 heavy (non-hydrogen) atoms. The number of rotatable bonds is 4. The standard InChI is InChI=1S/C17H17N3O/c1-13-8-9-15(10-18-13)17-16(11-19-20(17)2)21-12-14-6-4-3-5-7-14/h3-11H,12H2,1-2H3. The molecule has 0 radical (unpaired) electrons. The largest absolute Gasteiger partial charge is 0.485 e. The summed E-state index contributed by atoms with van der Waals surface area (Å²) in [6.45, 7) is 2.50. The van der Waals surface area contributed by atoms with Crippen LogP contribution in [0.4, 0.5) is 0 Å². The van der Waals surface area contributed by atoms with Crippen molar-refractivity contribution in [1.82, 2.24) is 14.8 Å². The van der Waals surface area contributed by atoms with Gasteiger partial charge < -0.3 is 4.74 Å². The van der Waals surface area contributed by atoms with E-state index in [0.29, 0.717) is 6.61 Å². The molecule has 2 heterocycles. The van der Waals surface area contributed by atoms with E-state index in [2.05, 4.69) is 10.1 Å². The Morgan fingerprint density at radius 3 is 2.57 bits per heavy atom. The van der Waals surface area contributed by atoms with Gasteiger partial charge in [0, 0.05) is 24.5 Å². The van der Waals surface area contributed by atoms with Gasteiger partial charge in [0.15, 0.2) is 5.75 Å². The fraction of sp³-hybridized carbons (Fsp3) is 0.176. The lowest BCUT2D eigenvalue weighted by molar-refractivity contribution is 0.307. The molecule has 0 N–H and O–H groups in total. The molecule has 0 bridgehead atoms. The van der Waals surface area contributed by atoms with Crippen molar-refractivity contribution in [1.29, 1.82) is 0 Å². The van der Waals surface area contributed by atoms with Crippen LogP contribution in [0.2, 0.25) is 0 Å². The summed E-state index contributed by atoms with van der Waals surface area (Å²) < 4.78 is 7.73. The third-order valence-corrected chi connectivity index (χ3v) is 3.33. The molecule has 0 saturated heterocycles. The zero-order valence-corrected chi connectivity index (χ0v) is 12.2. The van der Waals surface area contributed by atoms with Crippen LogP contribution in [-0.4, -0.2) is 14.8 Å². The van der Waals surface area contributed by atoms with Crippen molar-refractivity contribution in [3.63, 3.8) is 0 Å². The summed E-state index contributed by atoms with van der Waals surface area (Å²) in [6.07, 6.45) is 3.60. The highest BCUT2D eigenvalue weighted by Gasteiger charge is 2.12. The highest BCUT2D eigenvalue weighted by atomic mass is 16.5. The van der Waals surface area contributed by atoms with Crippen LogP contribution in [0, 0.1) is 6.92 Å². The van der Waals surface area contributed by atoms with Crippen LogP contribution in [0.1, 0.15) is 11.3 Å². The summed E-state index contributed by atoms with van der Waals surface area (Å²) in [5.41, 5.74) is 4.07. The quantitative estimate of drug-likeness (QED) is 0.735. The second-order valence-electron chi connectivity index (χ2n) is 4.94. The lowest BCUT2D eigenvalue weighted by atomic mass is 10.2. The Bertz CT molecular complexity index is 718. The van der Waals surface area contributed by atoms with Gasteiger partial charge in [-0.3, -0.25) is 9.67 Å². The van der Waals surface area contributed by atoms with Crippen molar-refractivity contribution in [3.05, 3.63) is 66.1 Å². The summed E-state index contributed by atoms with van der Waals surface area (Å²) in [7, 11) is 1.91. The van der Waals surface area contributed by atoms with Gasteiger partial charge in [-0.05, 0) is 24.6 Å². The molecule has 4 heteroatoms. The van der Waals surface area contributed by atoms with E-state index >= 15 is 0 Å². The fourth-order valence-corrected chi connectivity index (χ4v) is 2.20. The van der Waals surface area contributed by atoms with E-state index in [1.807, 2.05) is 67.3 Å². The van der Waals surface area contributed by atoms with Crippen molar-refractivity contribution in [2.24, 2.45) is 7.05 Å². The third kappa shape index (κ3) is 2.94. The summed E-state index contributed by atoms with van der Waals surface area (Å²) in [4.78, 5) is 4.34. The minimum Gasteiger partial charge on any atom is -0.485 e. The van der Waals surface area contributed by atoms with E-state index in [0.717, 1.165) is 28.3 Å². The molecule has 0 unspecified atom stereocenters. The van der Waals surface area contributed by atoms with Gasteiger partial charge in [-0.1, -0.05) is 30.3 Å². The van der Waals surface area contributed by atoms with Crippen LogP contribution in [-0.2, 0) is 13.7 Å². The van der Waals surface area contributed by atoms with Crippen molar-refractivity contribution in [2.75, 3.05) is 0 Å². The average Bonchev–Trinajstić information content (AvgIpc) is 2.88. The maximum absolute atomic E-state index is 5.92. The van der Waals surface area contributed by atoms with E-state index < -0.39 is 0 Å².